The van der Waals surface area contributed by atoms with Crippen LogP contribution in [0.25, 0.3) is 27.8 Å². The molecule has 3 N–H and O–H groups in total. The van der Waals surface area contributed by atoms with Crippen molar-refractivity contribution < 1.29 is 9.84 Å². The topological polar surface area (TPSA) is 102 Å². The van der Waals surface area contributed by atoms with E-state index in [1.807, 2.05) is 31.4 Å². The van der Waals surface area contributed by atoms with Gasteiger partial charge in [0.25, 0.3) is 0 Å². The Kier molecular flexibility index (Phi) is 4.48. The van der Waals surface area contributed by atoms with Crippen LogP contribution in [0.5, 0.6) is 5.75 Å². The van der Waals surface area contributed by atoms with E-state index in [0.717, 1.165) is 64.1 Å². The molecule has 8 nitrogen and oxygen atoms in total. The zero-order valence-corrected chi connectivity index (χ0v) is 18.2. The Bertz CT molecular complexity index is 1330. The minimum atomic E-state index is 0.224. The molecule has 0 spiro atoms. The van der Waals surface area contributed by atoms with E-state index in [1.165, 1.54) is 6.33 Å². The Balaban J connectivity index is 1.85. The molecule has 8 heteroatoms. The summed E-state index contributed by atoms with van der Waals surface area (Å²) in [5, 5.41) is 12.1. The van der Waals surface area contributed by atoms with Crippen molar-refractivity contribution in [3.05, 3.63) is 41.3 Å². The molecule has 4 heterocycles. The van der Waals surface area contributed by atoms with Crippen molar-refractivity contribution in [1.29, 1.82) is 0 Å². The molecule has 1 aliphatic rings. The van der Waals surface area contributed by atoms with E-state index >= 15 is 0 Å². The van der Waals surface area contributed by atoms with E-state index in [1.54, 1.807) is 13.2 Å². The third kappa shape index (κ3) is 2.90. The molecule has 4 aromatic rings. The van der Waals surface area contributed by atoms with E-state index in [0.29, 0.717) is 11.5 Å². The average Bonchev–Trinajstić information content (AvgIpc) is 3.34. The fourth-order valence-electron chi connectivity index (χ4n) is 4.69. The molecular formula is C23H26N6O2. The quantitative estimate of drug-likeness (QED) is 0.526. The van der Waals surface area contributed by atoms with E-state index in [4.69, 9.17) is 15.5 Å². The second-order valence-corrected chi connectivity index (χ2v) is 8.22. The van der Waals surface area contributed by atoms with Gasteiger partial charge in [-0.3, -0.25) is 4.57 Å². The third-order valence-electron chi connectivity index (χ3n) is 6.36. The summed E-state index contributed by atoms with van der Waals surface area (Å²) in [5.74, 6) is 0.644. The number of rotatable bonds is 3. The number of anilines is 2. The Hall–Kier alpha value is -3.39. The van der Waals surface area contributed by atoms with Gasteiger partial charge in [-0.25, -0.2) is 15.0 Å². The number of methoxy groups -OCH3 is 1. The lowest BCUT2D eigenvalue weighted by atomic mass is 10.1. The molecular weight excluding hydrogens is 392 g/mol. The highest BCUT2D eigenvalue weighted by atomic mass is 16.5. The SMILES string of the molecule is CO[C@@H]1CCN(c2cc3c4c(N)ncnc4n(-c4c(C)ccc(O)c4C)c3nc2C)C1. The van der Waals surface area contributed by atoms with Gasteiger partial charge in [0.2, 0.25) is 0 Å². The first-order chi connectivity index (χ1) is 14.9. The van der Waals surface area contributed by atoms with Gasteiger partial charge in [0.05, 0.1) is 28.6 Å². The number of nitrogens with zero attached hydrogens (tertiary/aromatic N) is 5. The highest BCUT2D eigenvalue weighted by molar-refractivity contribution is 6.12. The van der Waals surface area contributed by atoms with Crippen LogP contribution in [0.15, 0.2) is 24.5 Å². The number of hydrogen-bond donors (Lipinski definition) is 2. The molecule has 5 rings (SSSR count). The summed E-state index contributed by atoms with van der Waals surface area (Å²) >= 11 is 0. The predicted octanol–water partition coefficient (Wildman–Crippen LogP) is 3.41. The van der Waals surface area contributed by atoms with Crippen LogP contribution in [0.3, 0.4) is 0 Å². The average molecular weight is 419 g/mol. The summed E-state index contributed by atoms with van der Waals surface area (Å²) in [4.78, 5) is 16.1. The lowest BCUT2D eigenvalue weighted by molar-refractivity contribution is 0.121. The van der Waals surface area contributed by atoms with Gasteiger partial charge in [-0.2, -0.15) is 0 Å². The summed E-state index contributed by atoms with van der Waals surface area (Å²) < 4.78 is 7.54. The Labute approximate surface area is 180 Å². The summed E-state index contributed by atoms with van der Waals surface area (Å²) in [6, 6.07) is 5.75. The second-order valence-electron chi connectivity index (χ2n) is 8.22. The highest BCUT2D eigenvalue weighted by Crippen LogP contribution is 2.39. The summed E-state index contributed by atoms with van der Waals surface area (Å²) in [7, 11) is 1.76. The molecule has 3 aromatic heterocycles. The summed E-state index contributed by atoms with van der Waals surface area (Å²) in [5.41, 5.74) is 12.4. The molecule has 1 aliphatic heterocycles. The number of nitrogen functional groups attached to an aromatic ring is 1. The van der Waals surface area contributed by atoms with Crippen LogP contribution in [-0.4, -0.2) is 50.9 Å². The number of fused-ring (bicyclic) bond motifs is 3. The zero-order valence-electron chi connectivity index (χ0n) is 18.2. The van der Waals surface area contributed by atoms with Crippen LogP contribution in [0.1, 0.15) is 23.2 Å². The Morgan fingerprint density at radius 2 is 1.97 bits per heavy atom. The number of aromatic nitrogens is 4. The smallest absolute Gasteiger partial charge is 0.152 e. The minimum absolute atomic E-state index is 0.224. The van der Waals surface area contributed by atoms with E-state index in [-0.39, 0.29) is 11.9 Å². The molecule has 0 bridgehead atoms. The molecule has 0 amide bonds. The fourth-order valence-corrected chi connectivity index (χ4v) is 4.69. The number of nitrogens with two attached hydrogens (primary N) is 1. The van der Waals surface area contributed by atoms with Gasteiger partial charge in [-0.15, -0.1) is 0 Å². The monoisotopic (exact) mass is 418 g/mol. The maximum absolute atomic E-state index is 10.4. The number of pyridine rings is 1. The van der Waals surface area contributed by atoms with Crippen molar-refractivity contribution in [3.63, 3.8) is 0 Å². The van der Waals surface area contributed by atoms with Crippen LogP contribution in [0.4, 0.5) is 11.5 Å². The first-order valence-electron chi connectivity index (χ1n) is 10.4. The molecule has 1 atom stereocenters. The molecule has 160 valence electrons. The number of aryl methyl sites for hydroxylation is 2. The first-order valence-corrected chi connectivity index (χ1v) is 10.4. The minimum Gasteiger partial charge on any atom is -0.508 e. The molecule has 0 unspecified atom stereocenters. The maximum Gasteiger partial charge on any atom is 0.152 e. The molecule has 0 aliphatic carbocycles. The van der Waals surface area contributed by atoms with Crippen molar-refractivity contribution in [2.24, 2.45) is 0 Å². The number of aromatic hydroxyl groups is 1. The number of benzene rings is 1. The van der Waals surface area contributed by atoms with Crippen LogP contribution in [-0.2, 0) is 4.74 Å². The number of phenolic OH excluding ortho intramolecular Hbond substituents is 1. The van der Waals surface area contributed by atoms with Crippen molar-refractivity contribution in [1.82, 2.24) is 19.5 Å². The Morgan fingerprint density at radius 3 is 2.71 bits per heavy atom. The predicted molar refractivity (Wildman–Crippen MR) is 122 cm³/mol. The second kappa shape index (κ2) is 7.09. The number of ether oxygens (including phenoxy) is 1. The van der Waals surface area contributed by atoms with E-state index < -0.39 is 0 Å². The van der Waals surface area contributed by atoms with E-state index in [9.17, 15) is 5.11 Å². The Morgan fingerprint density at radius 1 is 1.16 bits per heavy atom. The van der Waals surface area contributed by atoms with Crippen molar-refractivity contribution in [3.8, 4) is 11.4 Å². The lowest BCUT2D eigenvalue weighted by Gasteiger charge is -2.21. The zero-order chi connectivity index (χ0) is 21.9. The molecule has 1 aromatic carbocycles. The van der Waals surface area contributed by atoms with Crippen molar-refractivity contribution in [2.45, 2.75) is 33.3 Å². The normalized spacial score (nSPS) is 16.6. The fraction of sp³-hybridized carbons (Fsp3) is 0.348. The third-order valence-corrected chi connectivity index (χ3v) is 6.36. The van der Waals surface area contributed by atoms with Gasteiger partial charge < -0.3 is 20.5 Å². The summed E-state index contributed by atoms with van der Waals surface area (Å²) in [6.45, 7) is 7.69. The molecule has 0 radical (unpaired) electrons. The number of hydrogen-bond acceptors (Lipinski definition) is 7. The summed E-state index contributed by atoms with van der Waals surface area (Å²) in [6.07, 6.45) is 2.68. The van der Waals surface area contributed by atoms with Gasteiger partial charge in [-0.05, 0) is 44.9 Å². The van der Waals surface area contributed by atoms with Gasteiger partial charge in [0.1, 0.15) is 23.5 Å². The van der Waals surface area contributed by atoms with Crippen molar-refractivity contribution in [2.75, 3.05) is 30.8 Å². The standard InChI is InChI=1S/C23H26N6O2/c1-12-5-6-18(30)13(2)20(12)29-22-16(19-21(24)25-11-26-23(19)29)9-17(14(3)27-22)28-8-7-15(10-28)31-4/h5-6,9,11,15,30H,7-8,10H2,1-4H3,(H2,24,25,26)/t15-/m1/s1. The van der Waals surface area contributed by atoms with Crippen LogP contribution < -0.4 is 10.6 Å². The van der Waals surface area contributed by atoms with Gasteiger partial charge in [-0.1, -0.05) is 6.07 Å². The largest absolute Gasteiger partial charge is 0.508 e. The van der Waals surface area contributed by atoms with Gasteiger partial charge >= 0.3 is 0 Å². The first kappa shape index (κ1) is 19.6. The molecule has 1 fully saturated rings. The van der Waals surface area contributed by atoms with Crippen LogP contribution >= 0.6 is 0 Å². The molecule has 1 saturated heterocycles. The van der Waals surface area contributed by atoms with Crippen LogP contribution in [0.2, 0.25) is 0 Å². The highest BCUT2D eigenvalue weighted by Gasteiger charge is 2.27. The van der Waals surface area contributed by atoms with E-state index in [2.05, 4.69) is 20.9 Å². The number of phenols is 1. The van der Waals surface area contributed by atoms with Crippen molar-refractivity contribution >= 4 is 33.6 Å². The molecule has 31 heavy (non-hydrogen) atoms. The maximum atomic E-state index is 10.4. The molecule has 0 saturated carbocycles. The lowest BCUT2D eigenvalue weighted by Crippen LogP contribution is -2.23. The van der Waals surface area contributed by atoms with Crippen LogP contribution in [0, 0.1) is 20.8 Å². The van der Waals surface area contributed by atoms with Gasteiger partial charge in [0.15, 0.2) is 5.65 Å². The van der Waals surface area contributed by atoms with Gasteiger partial charge in [0, 0.05) is 31.1 Å².